The van der Waals surface area contributed by atoms with Crippen molar-refractivity contribution < 1.29 is 27.1 Å². The molecule has 0 unspecified atom stereocenters. The highest BCUT2D eigenvalue weighted by atomic mass is 19.4. The van der Waals surface area contributed by atoms with E-state index in [-0.39, 0.29) is 17.3 Å². The van der Waals surface area contributed by atoms with Crippen LogP contribution >= 0.6 is 0 Å². The number of benzene rings is 2. The van der Waals surface area contributed by atoms with Crippen LogP contribution in [0.4, 0.5) is 13.2 Å². The van der Waals surface area contributed by atoms with E-state index in [9.17, 15) is 18.0 Å². The fourth-order valence-electron chi connectivity index (χ4n) is 2.68. The molecule has 1 heterocycles. The summed E-state index contributed by atoms with van der Waals surface area (Å²) in [6, 6.07) is 11.3. The predicted molar refractivity (Wildman–Crippen MR) is 102 cm³/mol. The van der Waals surface area contributed by atoms with Crippen molar-refractivity contribution in [2.45, 2.75) is 19.5 Å². The Morgan fingerprint density at radius 3 is 2.48 bits per heavy atom. The number of hydrogen-bond acceptors (Lipinski definition) is 4. The first-order valence-corrected chi connectivity index (χ1v) is 8.94. The second-order valence-corrected chi connectivity index (χ2v) is 6.26. The van der Waals surface area contributed by atoms with Gasteiger partial charge in [0, 0.05) is 17.7 Å². The van der Waals surface area contributed by atoms with Crippen molar-refractivity contribution in [3.8, 4) is 28.5 Å². The third-order valence-corrected chi connectivity index (χ3v) is 4.17. The maximum absolute atomic E-state index is 12.8. The van der Waals surface area contributed by atoms with Gasteiger partial charge < -0.3 is 14.5 Å². The highest BCUT2D eigenvalue weighted by Gasteiger charge is 2.30. The monoisotopic (exact) mass is 404 g/mol. The summed E-state index contributed by atoms with van der Waals surface area (Å²) in [5.41, 5.74) is 0.177. The Hall–Kier alpha value is -3.29. The topological polar surface area (TPSA) is 64.4 Å². The van der Waals surface area contributed by atoms with Crippen molar-refractivity contribution in [2.75, 3.05) is 13.7 Å². The number of alkyl halides is 3. The first-order chi connectivity index (χ1) is 13.8. The number of hydrogen-bond donors (Lipinski definition) is 1. The number of nitrogens with one attached hydrogen (secondary N) is 1. The second-order valence-electron chi connectivity index (χ2n) is 6.26. The first kappa shape index (κ1) is 20.4. The van der Waals surface area contributed by atoms with Gasteiger partial charge >= 0.3 is 6.18 Å². The van der Waals surface area contributed by atoms with Crippen molar-refractivity contribution >= 4 is 5.91 Å². The number of rotatable bonds is 6. The quantitative estimate of drug-likeness (QED) is 0.615. The number of carbonyl (C=O) groups is 1. The molecule has 1 aromatic heterocycles. The molecule has 0 saturated carbocycles. The van der Waals surface area contributed by atoms with E-state index in [1.54, 1.807) is 24.3 Å². The minimum atomic E-state index is -4.44. The molecule has 0 radical (unpaired) electrons. The standard InChI is InChI=1S/C21H19F3N2O3/c1-3-11-25-19(27)17-18(14-5-4-6-16(12-14)28-2)29-20(26-17)13-7-9-15(10-8-13)21(22,23)24/h4-10,12H,3,11H2,1-2H3,(H,25,27). The van der Waals surface area contributed by atoms with Gasteiger partial charge in [-0.15, -0.1) is 0 Å². The maximum atomic E-state index is 12.8. The number of ether oxygens (including phenoxy) is 1. The Morgan fingerprint density at radius 2 is 1.86 bits per heavy atom. The summed E-state index contributed by atoms with van der Waals surface area (Å²) >= 11 is 0. The van der Waals surface area contributed by atoms with Crippen LogP contribution in [0.5, 0.6) is 5.75 Å². The van der Waals surface area contributed by atoms with Crippen LogP contribution in [-0.4, -0.2) is 24.5 Å². The van der Waals surface area contributed by atoms with Gasteiger partial charge in [-0.3, -0.25) is 4.79 Å². The van der Waals surface area contributed by atoms with Gasteiger partial charge in [0.05, 0.1) is 12.7 Å². The molecular formula is C21H19F3N2O3. The van der Waals surface area contributed by atoms with Crippen LogP contribution in [0, 0.1) is 0 Å². The van der Waals surface area contributed by atoms with Crippen molar-refractivity contribution in [3.63, 3.8) is 0 Å². The van der Waals surface area contributed by atoms with Gasteiger partial charge in [0.15, 0.2) is 11.5 Å². The molecule has 3 aromatic rings. The normalized spacial score (nSPS) is 11.3. The summed E-state index contributed by atoms with van der Waals surface area (Å²) in [5.74, 6) is 0.409. The number of carbonyl (C=O) groups excluding carboxylic acids is 1. The van der Waals surface area contributed by atoms with E-state index in [1.807, 2.05) is 6.92 Å². The van der Waals surface area contributed by atoms with Gasteiger partial charge in [-0.2, -0.15) is 13.2 Å². The van der Waals surface area contributed by atoms with Crippen LogP contribution in [0.25, 0.3) is 22.8 Å². The molecule has 1 amide bonds. The van der Waals surface area contributed by atoms with E-state index in [0.717, 1.165) is 18.6 Å². The molecule has 152 valence electrons. The van der Waals surface area contributed by atoms with Gasteiger partial charge in [0.25, 0.3) is 5.91 Å². The predicted octanol–water partition coefficient (Wildman–Crippen LogP) is 5.18. The minimum absolute atomic E-state index is 0.0539. The Balaban J connectivity index is 2.05. The third kappa shape index (κ3) is 4.59. The lowest BCUT2D eigenvalue weighted by Crippen LogP contribution is -2.24. The lowest BCUT2D eigenvalue weighted by Gasteiger charge is -2.06. The zero-order valence-corrected chi connectivity index (χ0v) is 15.8. The summed E-state index contributed by atoms with van der Waals surface area (Å²) < 4.78 is 49.4. The Morgan fingerprint density at radius 1 is 1.14 bits per heavy atom. The molecule has 29 heavy (non-hydrogen) atoms. The molecule has 0 aliphatic rings. The molecule has 5 nitrogen and oxygen atoms in total. The zero-order chi connectivity index (χ0) is 21.0. The lowest BCUT2D eigenvalue weighted by molar-refractivity contribution is -0.137. The van der Waals surface area contributed by atoms with E-state index in [1.165, 1.54) is 19.2 Å². The SMILES string of the molecule is CCCNC(=O)c1nc(-c2ccc(C(F)(F)F)cc2)oc1-c1cccc(OC)c1. The maximum Gasteiger partial charge on any atom is 0.416 e. The van der Waals surface area contributed by atoms with Crippen molar-refractivity contribution in [2.24, 2.45) is 0 Å². The molecule has 0 bridgehead atoms. The summed E-state index contributed by atoms with van der Waals surface area (Å²) in [6.45, 7) is 2.37. The Labute approximate surface area is 165 Å². The second kappa shape index (κ2) is 8.38. The first-order valence-electron chi connectivity index (χ1n) is 8.94. The van der Waals surface area contributed by atoms with E-state index in [4.69, 9.17) is 9.15 Å². The molecule has 0 aliphatic heterocycles. The zero-order valence-electron chi connectivity index (χ0n) is 15.8. The molecule has 0 aliphatic carbocycles. The number of nitrogens with zero attached hydrogens (tertiary/aromatic N) is 1. The molecular weight excluding hydrogens is 385 g/mol. The van der Waals surface area contributed by atoms with Crippen molar-refractivity contribution in [1.29, 1.82) is 0 Å². The van der Waals surface area contributed by atoms with Crippen LogP contribution in [0.1, 0.15) is 29.4 Å². The van der Waals surface area contributed by atoms with Crippen LogP contribution in [0.15, 0.2) is 52.9 Å². The molecule has 1 N–H and O–H groups in total. The van der Waals surface area contributed by atoms with Gasteiger partial charge in [0.2, 0.25) is 5.89 Å². The number of amides is 1. The molecule has 0 fully saturated rings. The fourth-order valence-corrected chi connectivity index (χ4v) is 2.68. The van der Waals surface area contributed by atoms with Crippen molar-refractivity contribution in [3.05, 3.63) is 59.8 Å². The van der Waals surface area contributed by atoms with E-state index >= 15 is 0 Å². The average Bonchev–Trinajstić information content (AvgIpc) is 3.17. The van der Waals surface area contributed by atoms with Crippen LogP contribution < -0.4 is 10.1 Å². The summed E-state index contributed by atoms with van der Waals surface area (Å²) in [5, 5.41) is 2.74. The molecule has 0 saturated heterocycles. The summed E-state index contributed by atoms with van der Waals surface area (Å²) in [4.78, 5) is 16.8. The van der Waals surface area contributed by atoms with Gasteiger partial charge in [0.1, 0.15) is 5.75 Å². The van der Waals surface area contributed by atoms with Crippen molar-refractivity contribution in [1.82, 2.24) is 10.3 Å². The van der Waals surface area contributed by atoms with E-state index < -0.39 is 17.6 Å². The van der Waals surface area contributed by atoms with Gasteiger partial charge in [-0.05, 0) is 42.8 Å². The summed E-state index contributed by atoms with van der Waals surface area (Å²) in [6.07, 6.45) is -3.70. The fraction of sp³-hybridized carbons (Fsp3) is 0.238. The Bertz CT molecular complexity index is 995. The van der Waals surface area contributed by atoms with Gasteiger partial charge in [-0.1, -0.05) is 19.1 Å². The largest absolute Gasteiger partial charge is 0.497 e. The molecule has 3 rings (SSSR count). The number of aromatic nitrogens is 1. The Kier molecular flexibility index (Phi) is 5.91. The van der Waals surface area contributed by atoms with Crippen LogP contribution in [0.2, 0.25) is 0 Å². The highest BCUT2D eigenvalue weighted by Crippen LogP contribution is 2.34. The molecule has 2 aromatic carbocycles. The van der Waals surface area contributed by atoms with E-state index in [0.29, 0.717) is 23.4 Å². The smallest absolute Gasteiger partial charge is 0.416 e. The summed E-state index contributed by atoms with van der Waals surface area (Å²) in [7, 11) is 1.52. The molecule has 0 spiro atoms. The lowest BCUT2D eigenvalue weighted by atomic mass is 10.1. The molecule has 8 heteroatoms. The highest BCUT2D eigenvalue weighted by molar-refractivity contribution is 5.98. The average molecular weight is 404 g/mol. The number of methoxy groups -OCH3 is 1. The number of halogens is 3. The van der Waals surface area contributed by atoms with Gasteiger partial charge in [-0.25, -0.2) is 4.98 Å². The van der Waals surface area contributed by atoms with Crippen LogP contribution in [0.3, 0.4) is 0 Å². The van der Waals surface area contributed by atoms with E-state index in [2.05, 4.69) is 10.3 Å². The molecule has 0 atom stereocenters. The van der Waals surface area contributed by atoms with Crippen LogP contribution in [-0.2, 0) is 6.18 Å². The third-order valence-electron chi connectivity index (χ3n) is 4.17. The minimum Gasteiger partial charge on any atom is -0.497 e. The number of oxazole rings is 1.